The Morgan fingerprint density at radius 1 is 0.909 bits per heavy atom. The van der Waals surface area contributed by atoms with Crippen molar-refractivity contribution >= 4 is 40.5 Å². The van der Waals surface area contributed by atoms with Crippen LogP contribution in [0.2, 0.25) is 5.02 Å². The van der Waals surface area contributed by atoms with Gasteiger partial charge in [0.2, 0.25) is 0 Å². The number of nitrogens with one attached hydrogen (secondary N) is 2. The monoisotopic (exact) mass is 464 g/mol. The molecule has 1 aromatic heterocycles. The van der Waals surface area contributed by atoms with Crippen molar-refractivity contribution < 1.29 is 14.3 Å². The SMILES string of the molecule is Cc1cc(C)cc(C(=O)Nc2ccc(Cl)c(C(=O)Nc3cncc(N4CCOCC4)c3)c2)c1. The Labute approximate surface area is 197 Å². The third-order valence-corrected chi connectivity index (χ3v) is 5.64. The highest BCUT2D eigenvalue weighted by molar-refractivity contribution is 6.34. The Kier molecular flexibility index (Phi) is 6.91. The van der Waals surface area contributed by atoms with E-state index < -0.39 is 0 Å². The second-order valence-electron chi connectivity index (χ2n) is 8.01. The van der Waals surface area contributed by atoms with Crippen LogP contribution in [-0.2, 0) is 4.74 Å². The third-order valence-electron chi connectivity index (χ3n) is 5.31. The lowest BCUT2D eigenvalue weighted by Gasteiger charge is -2.28. The summed E-state index contributed by atoms with van der Waals surface area (Å²) in [5.41, 5.74) is 4.77. The van der Waals surface area contributed by atoms with Crippen molar-refractivity contribution in [1.82, 2.24) is 4.98 Å². The first-order chi connectivity index (χ1) is 15.9. The van der Waals surface area contributed by atoms with E-state index in [1.54, 1.807) is 30.6 Å². The average molecular weight is 465 g/mol. The van der Waals surface area contributed by atoms with Crippen molar-refractivity contribution in [2.75, 3.05) is 41.8 Å². The molecule has 1 fully saturated rings. The Balaban J connectivity index is 1.49. The van der Waals surface area contributed by atoms with Gasteiger partial charge in [0.05, 0.1) is 47.6 Å². The number of hydrogen-bond donors (Lipinski definition) is 2. The first-order valence-electron chi connectivity index (χ1n) is 10.7. The predicted octanol–water partition coefficient (Wildman–Crippen LogP) is 4.69. The summed E-state index contributed by atoms with van der Waals surface area (Å²) in [7, 11) is 0. The number of carbonyl (C=O) groups is 2. The van der Waals surface area contributed by atoms with Crippen LogP contribution in [0.5, 0.6) is 0 Å². The van der Waals surface area contributed by atoms with E-state index in [-0.39, 0.29) is 22.4 Å². The number of carbonyl (C=O) groups excluding carboxylic acids is 2. The fourth-order valence-electron chi connectivity index (χ4n) is 3.78. The van der Waals surface area contributed by atoms with Gasteiger partial charge in [0.25, 0.3) is 11.8 Å². The van der Waals surface area contributed by atoms with Crippen molar-refractivity contribution in [2.45, 2.75) is 13.8 Å². The maximum absolute atomic E-state index is 13.0. The lowest BCUT2D eigenvalue weighted by molar-refractivity contribution is 0.101. The van der Waals surface area contributed by atoms with Crippen molar-refractivity contribution in [1.29, 1.82) is 0 Å². The topological polar surface area (TPSA) is 83.6 Å². The summed E-state index contributed by atoms with van der Waals surface area (Å²) in [6.45, 7) is 6.74. The molecule has 0 bridgehead atoms. The summed E-state index contributed by atoms with van der Waals surface area (Å²) >= 11 is 6.29. The highest BCUT2D eigenvalue weighted by Gasteiger charge is 2.16. The molecule has 0 saturated carbocycles. The maximum atomic E-state index is 13.0. The lowest BCUT2D eigenvalue weighted by Crippen LogP contribution is -2.36. The number of nitrogens with zero attached hydrogens (tertiary/aromatic N) is 2. The average Bonchev–Trinajstić information content (AvgIpc) is 2.80. The van der Waals surface area contributed by atoms with Crippen molar-refractivity contribution in [3.8, 4) is 0 Å². The molecule has 0 atom stereocenters. The number of amides is 2. The quantitative estimate of drug-likeness (QED) is 0.572. The molecule has 2 N–H and O–H groups in total. The van der Waals surface area contributed by atoms with E-state index in [1.807, 2.05) is 38.1 Å². The minimum Gasteiger partial charge on any atom is -0.378 e. The molecule has 1 saturated heterocycles. The van der Waals surface area contributed by atoms with Gasteiger partial charge in [-0.25, -0.2) is 0 Å². The Morgan fingerprint density at radius 2 is 1.61 bits per heavy atom. The van der Waals surface area contributed by atoms with Crippen LogP contribution in [0.25, 0.3) is 0 Å². The normalized spacial score (nSPS) is 13.5. The number of ether oxygens (including phenoxy) is 1. The summed E-state index contributed by atoms with van der Waals surface area (Å²) in [6.07, 6.45) is 3.35. The summed E-state index contributed by atoms with van der Waals surface area (Å²) in [6, 6.07) is 12.3. The molecule has 2 amide bonds. The molecule has 8 heteroatoms. The van der Waals surface area contributed by atoms with E-state index in [4.69, 9.17) is 16.3 Å². The molecule has 1 aliphatic rings. The highest BCUT2D eigenvalue weighted by Crippen LogP contribution is 2.24. The number of anilines is 3. The number of pyridine rings is 1. The molecular formula is C25H25ClN4O3. The van der Waals surface area contributed by atoms with E-state index in [9.17, 15) is 9.59 Å². The molecule has 0 spiro atoms. The summed E-state index contributed by atoms with van der Waals surface area (Å²) in [4.78, 5) is 32.0. The molecule has 170 valence electrons. The molecule has 3 aromatic rings. The van der Waals surface area contributed by atoms with Gasteiger partial charge in [-0.3, -0.25) is 14.6 Å². The molecule has 1 aliphatic heterocycles. The van der Waals surface area contributed by atoms with Gasteiger partial charge in [0.15, 0.2) is 0 Å². The highest BCUT2D eigenvalue weighted by atomic mass is 35.5. The second-order valence-corrected chi connectivity index (χ2v) is 8.42. The fraction of sp³-hybridized carbons (Fsp3) is 0.240. The first kappa shape index (κ1) is 22.8. The molecule has 0 aliphatic carbocycles. The molecule has 0 radical (unpaired) electrons. The number of aryl methyl sites for hydroxylation is 2. The molecule has 2 heterocycles. The molecule has 2 aromatic carbocycles. The van der Waals surface area contributed by atoms with Crippen LogP contribution in [0.15, 0.2) is 54.9 Å². The number of morpholine rings is 1. The molecule has 4 rings (SSSR count). The Morgan fingerprint density at radius 3 is 2.33 bits per heavy atom. The van der Waals surface area contributed by atoms with Gasteiger partial charge in [-0.15, -0.1) is 0 Å². The minimum absolute atomic E-state index is 0.252. The van der Waals surface area contributed by atoms with E-state index >= 15 is 0 Å². The van der Waals surface area contributed by atoms with Crippen LogP contribution in [0, 0.1) is 13.8 Å². The van der Waals surface area contributed by atoms with Gasteiger partial charge < -0.3 is 20.3 Å². The van der Waals surface area contributed by atoms with Crippen LogP contribution < -0.4 is 15.5 Å². The summed E-state index contributed by atoms with van der Waals surface area (Å²) in [5, 5.41) is 5.98. The van der Waals surface area contributed by atoms with E-state index in [1.165, 1.54) is 0 Å². The van der Waals surface area contributed by atoms with E-state index in [0.29, 0.717) is 30.2 Å². The van der Waals surface area contributed by atoms with E-state index in [2.05, 4.69) is 20.5 Å². The number of halogens is 1. The maximum Gasteiger partial charge on any atom is 0.257 e. The van der Waals surface area contributed by atoms with Crippen molar-refractivity contribution in [2.24, 2.45) is 0 Å². The van der Waals surface area contributed by atoms with Gasteiger partial charge in [0, 0.05) is 24.3 Å². The van der Waals surface area contributed by atoms with E-state index in [0.717, 1.165) is 29.9 Å². The number of aromatic nitrogens is 1. The Hall–Kier alpha value is -3.42. The second kappa shape index (κ2) is 10.0. The minimum atomic E-state index is -0.386. The lowest BCUT2D eigenvalue weighted by atomic mass is 10.1. The van der Waals surface area contributed by atoms with Gasteiger partial charge >= 0.3 is 0 Å². The zero-order valence-electron chi connectivity index (χ0n) is 18.5. The van der Waals surface area contributed by atoms with Crippen LogP contribution in [0.4, 0.5) is 17.1 Å². The number of hydrogen-bond acceptors (Lipinski definition) is 5. The molecule has 7 nitrogen and oxygen atoms in total. The Bertz CT molecular complexity index is 1170. The number of rotatable bonds is 5. The summed E-state index contributed by atoms with van der Waals surface area (Å²) in [5.74, 6) is -0.638. The standard InChI is InChI=1S/C25H25ClN4O3/c1-16-9-17(2)11-18(10-16)24(31)28-19-3-4-23(26)22(13-19)25(32)29-20-12-21(15-27-14-20)30-5-7-33-8-6-30/h3-4,9-15H,5-8H2,1-2H3,(H,28,31)(H,29,32). The van der Waals surface area contributed by atoms with Gasteiger partial charge in [-0.05, 0) is 50.2 Å². The number of benzene rings is 2. The molecule has 0 unspecified atom stereocenters. The van der Waals surface area contributed by atoms with Crippen LogP contribution in [0.3, 0.4) is 0 Å². The largest absolute Gasteiger partial charge is 0.378 e. The molecule has 33 heavy (non-hydrogen) atoms. The van der Waals surface area contributed by atoms with Crippen LogP contribution in [-0.4, -0.2) is 43.1 Å². The zero-order chi connectivity index (χ0) is 23.4. The smallest absolute Gasteiger partial charge is 0.257 e. The fourth-order valence-corrected chi connectivity index (χ4v) is 3.98. The zero-order valence-corrected chi connectivity index (χ0v) is 19.3. The van der Waals surface area contributed by atoms with Gasteiger partial charge in [-0.1, -0.05) is 28.8 Å². The summed E-state index contributed by atoms with van der Waals surface area (Å²) < 4.78 is 5.39. The van der Waals surface area contributed by atoms with Gasteiger partial charge in [0.1, 0.15) is 0 Å². The van der Waals surface area contributed by atoms with Crippen LogP contribution >= 0.6 is 11.6 Å². The van der Waals surface area contributed by atoms with Crippen molar-refractivity contribution in [3.05, 3.63) is 82.1 Å². The van der Waals surface area contributed by atoms with Gasteiger partial charge in [-0.2, -0.15) is 0 Å². The third kappa shape index (κ3) is 5.69. The van der Waals surface area contributed by atoms with Crippen LogP contribution in [0.1, 0.15) is 31.8 Å². The molecular weight excluding hydrogens is 440 g/mol. The predicted molar refractivity (Wildman–Crippen MR) is 131 cm³/mol. The van der Waals surface area contributed by atoms with Crippen molar-refractivity contribution in [3.63, 3.8) is 0 Å². The first-order valence-corrected chi connectivity index (χ1v) is 11.0.